The molecule has 7 heteroatoms. The molecule has 5 nitrogen and oxygen atoms in total. The standard InChI is InChI=1S/C26H29N3O2S2/c1-19-22(16-29-12-14-32-15-13-29)7-5-8-24(19)28-26(30)11-10-21-6-3-4-9-25(21)31-17-23-18-33-20(2)27-23/h3-11,18H,12-17H2,1-2H3,(H,28,30)/b11-10+. The van der Waals surface area contributed by atoms with E-state index in [2.05, 4.69) is 28.2 Å². The highest BCUT2D eigenvalue weighted by Crippen LogP contribution is 2.23. The maximum Gasteiger partial charge on any atom is 0.248 e. The molecule has 1 N–H and O–H groups in total. The van der Waals surface area contributed by atoms with Crippen molar-refractivity contribution in [2.45, 2.75) is 27.0 Å². The van der Waals surface area contributed by atoms with Crippen LogP contribution in [0.25, 0.3) is 6.08 Å². The highest BCUT2D eigenvalue weighted by atomic mass is 32.2. The maximum absolute atomic E-state index is 12.7. The van der Waals surface area contributed by atoms with Gasteiger partial charge in [0.2, 0.25) is 5.91 Å². The van der Waals surface area contributed by atoms with Crippen LogP contribution < -0.4 is 10.1 Å². The summed E-state index contributed by atoms with van der Waals surface area (Å²) in [6.45, 7) is 7.63. The van der Waals surface area contributed by atoms with E-state index in [-0.39, 0.29) is 5.91 Å². The van der Waals surface area contributed by atoms with Gasteiger partial charge in [-0.1, -0.05) is 30.3 Å². The molecule has 1 fully saturated rings. The summed E-state index contributed by atoms with van der Waals surface area (Å²) in [4.78, 5) is 19.6. The van der Waals surface area contributed by atoms with Crippen molar-refractivity contribution in [3.8, 4) is 5.75 Å². The van der Waals surface area contributed by atoms with Gasteiger partial charge in [0, 0.05) is 53.8 Å². The van der Waals surface area contributed by atoms with Crippen LogP contribution in [0.1, 0.15) is 27.4 Å². The summed E-state index contributed by atoms with van der Waals surface area (Å²) < 4.78 is 5.95. The molecule has 1 aliphatic rings. The maximum atomic E-state index is 12.7. The predicted molar refractivity (Wildman–Crippen MR) is 139 cm³/mol. The van der Waals surface area contributed by atoms with E-state index in [0.717, 1.165) is 52.9 Å². The average Bonchev–Trinajstić information content (AvgIpc) is 3.25. The van der Waals surface area contributed by atoms with E-state index in [1.54, 1.807) is 23.5 Å². The van der Waals surface area contributed by atoms with Crippen LogP contribution in [0.15, 0.2) is 53.9 Å². The van der Waals surface area contributed by atoms with Gasteiger partial charge in [-0.3, -0.25) is 9.69 Å². The average molecular weight is 480 g/mol. The van der Waals surface area contributed by atoms with Crippen molar-refractivity contribution in [2.75, 3.05) is 29.9 Å². The fraction of sp³-hybridized carbons (Fsp3) is 0.308. The summed E-state index contributed by atoms with van der Waals surface area (Å²) in [6, 6.07) is 13.8. The minimum atomic E-state index is -0.158. The summed E-state index contributed by atoms with van der Waals surface area (Å²) in [5.41, 5.74) is 5.01. The first-order chi connectivity index (χ1) is 16.1. The number of carbonyl (C=O) groups is 1. The molecule has 0 atom stereocenters. The molecule has 1 amide bonds. The number of hydrogen-bond acceptors (Lipinski definition) is 6. The number of benzene rings is 2. The molecule has 1 saturated heterocycles. The minimum absolute atomic E-state index is 0.158. The smallest absolute Gasteiger partial charge is 0.248 e. The van der Waals surface area contributed by atoms with Gasteiger partial charge in [0.15, 0.2) is 0 Å². The lowest BCUT2D eigenvalue weighted by molar-refractivity contribution is -0.111. The number of rotatable bonds is 8. The fourth-order valence-corrected chi connectivity index (χ4v) is 5.28. The second kappa shape index (κ2) is 11.5. The first kappa shape index (κ1) is 23.5. The van der Waals surface area contributed by atoms with Crippen LogP contribution in [0.4, 0.5) is 5.69 Å². The van der Waals surface area contributed by atoms with Crippen LogP contribution in [-0.2, 0) is 17.9 Å². The largest absolute Gasteiger partial charge is 0.487 e. The molecule has 4 rings (SSSR count). The Morgan fingerprint density at radius 3 is 2.76 bits per heavy atom. The first-order valence-corrected chi connectivity index (χ1v) is 13.1. The lowest BCUT2D eigenvalue weighted by atomic mass is 10.1. The van der Waals surface area contributed by atoms with Gasteiger partial charge < -0.3 is 10.1 Å². The van der Waals surface area contributed by atoms with E-state index in [1.807, 2.05) is 60.5 Å². The molecule has 0 spiro atoms. The summed E-state index contributed by atoms with van der Waals surface area (Å²) in [6.07, 6.45) is 3.35. The number of thioether (sulfide) groups is 1. The summed E-state index contributed by atoms with van der Waals surface area (Å²) in [5, 5.41) is 6.06. The summed E-state index contributed by atoms with van der Waals surface area (Å²) in [7, 11) is 0. The lowest BCUT2D eigenvalue weighted by Gasteiger charge is -2.27. The Morgan fingerprint density at radius 2 is 1.97 bits per heavy atom. The highest BCUT2D eigenvalue weighted by Gasteiger charge is 2.13. The monoisotopic (exact) mass is 479 g/mol. The van der Waals surface area contributed by atoms with Crippen molar-refractivity contribution in [1.29, 1.82) is 0 Å². The highest BCUT2D eigenvalue weighted by molar-refractivity contribution is 7.99. The van der Waals surface area contributed by atoms with Crippen LogP contribution in [-0.4, -0.2) is 40.4 Å². The van der Waals surface area contributed by atoms with Gasteiger partial charge in [-0.05, 0) is 43.2 Å². The third-order valence-electron chi connectivity index (χ3n) is 5.58. The number of carbonyl (C=O) groups excluding carboxylic acids is 1. The first-order valence-electron chi connectivity index (χ1n) is 11.1. The number of amides is 1. The quantitative estimate of drug-likeness (QED) is 0.430. The number of ether oxygens (including phenoxy) is 1. The van der Waals surface area contributed by atoms with Crippen molar-refractivity contribution >= 4 is 40.8 Å². The van der Waals surface area contributed by atoms with E-state index >= 15 is 0 Å². The van der Waals surface area contributed by atoms with E-state index in [9.17, 15) is 4.79 Å². The van der Waals surface area contributed by atoms with Crippen molar-refractivity contribution in [3.05, 3.63) is 81.3 Å². The summed E-state index contributed by atoms with van der Waals surface area (Å²) >= 11 is 3.62. The molecule has 33 heavy (non-hydrogen) atoms. The predicted octanol–water partition coefficient (Wildman–Crippen LogP) is 5.54. The lowest BCUT2D eigenvalue weighted by Crippen LogP contribution is -2.32. The van der Waals surface area contributed by atoms with Gasteiger partial charge in [-0.2, -0.15) is 11.8 Å². The number of aryl methyl sites for hydroxylation is 1. The topological polar surface area (TPSA) is 54.5 Å². The number of para-hydroxylation sites is 1. The zero-order valence-electron chi connectivity index (χ0n) is 19.0. The SMILES string of the molecule is Cc1nc(COc2ccccc2/C=C/C(=O)Nc2cccc(CN3CCSCC3)c2C)cs1. The third kappa shape index (κ3) is 6.69. The molecule has 0 aliphatic carbocycles. The van der Waals surface area contributed by atoms with E-state index < -0.39 is 0 Å². The molecule has 172 valence electrons. The van der Waals surface area contributed by atoms with Gasteiger partial charge >= 0.3 is 0 Å². The molecule has 0 unspecified atom stereocenters. The minimum Gasteiger partial charge on any atom is -0.487 e. The van der Waals surface area contributed by atoms with Crippen molar-refractivity contribution < 1.29 is 9.53 Å². The molecule has 3 aromatic rings. The number of anilines is 1. The number of nitrogens with one attached hydrogen (secondary N) is 1. The second-order valence-electron chi connectivity index (χ2n) is 7.99. The Balaban J connectivity index is 1.39. The van der Waals surface area contributed by atoms with Crippen LogP contribution in [0.5, 0.6) is 5.75 Å². The van der Waals surface area contributed by atoms with Gasteiger partial charge in [-0.15, -0.1) is 11.3 Å². The Hall–Kier alpha value is -2.61. The van der Waals surface area contributed by atoms with Crippen molar-refractivity contribution in [3.63, 3.8) is 0 Å². The molecule has 2 heterocycles. The van der Waals surface area contributed by atoms with Gasteiger partial charge in [0.25, 0.3) is 0 Å². The van der Waals surface area contributed by atoms with Crippen LogP contribution in [0.2, 0.25) is 0 Å². The number of nitrogens with zero attached hydrogens (tertiary/aromatic N) is 2. The van der Waals surface area contributed by atoms with Crippen LogP contribution in [0, 0.1) is 13.8 Å². The second-order valence-corrected chi connectivity index (χ2v) is 10.3. The molecular weight excluding hydrogens is 450 g/mol. The normalized spacial score (nSPS) is 14.5. The van der Waals surface area contributed by atoms with Crippen LogP contribution >= 0.6 is 23.1 Å². The molecule has 0 bridgehead atoms. The molecule has 1 aliphatic heterocycles. The Labute approximate surface area is 203 Å². The molecule has 1 aromatic heterocycles. The Bertz CT molecular complexity index is 1120. The van der Waals surface area contributed by atoms with Crippen molar-refractivity contribution in [2.24, 2.45) is 0 Å². The zero-order valence-corrected chi connectivity index (χ0v) is 20.7. The molecule has 0 saturated carbocycles. The Morgan fingerprint density at radius 1 is 1.15 bits per heavy atom. The van der Waals surface area contributed by atoms with E-state index in [4.69, 9.17) is 4.74 Å². The van der Waals surface area contributed by atoms with Gasteiger partial charge in [0.05, 0.1) is 10.7 Å². The molecular formula is C26H29N3O2S2. The number of thiazole rings is 1. The van der Waals surface area contributed by atoms with Gasteiger partial charge in [-0.25, -0.2) is 4.98 Å². The zero-order chi connectivity index (χ0) is 23.0. The molecule has 2 aromatic carbocycles. The fourth-order valence-electron chi connectivity index (χ4n) is 3.71. The summed E-state index contributed by atoms with van der Waals surface area (Å²) in [5.74, 6) is 2.95. The van der Waals surface area contributed by atoms with Crippen molar-refractivity contribution in [1.82, 2.24) is 9.88 Å². The van der Waals surface area contributed by atoms with Gasteiger partial charge in [0.1, 0.15) is 12.4 Å². The van der Waals surface area contributed by atoms with E-state index in [1.165, 1.54) is 17.1 Å². The third-order valence-corrected chi connectivity index (χ3v) is 7.34. The number of hydrogen-bond donors (Lipinski definition) is 1. The number of aromatic nitrogens is 1. The molecule has 0 radical (unpaired) electrons. The Kier molecular flexibility index (Phi) is 8.20. The van der Waals surface area contributed by atoms with E-state index in [0.29, 0.717) is 6.61 Å². The van der Waals surface area contributed by atoms with Crippen LogP contribution in [0.3, 0.4) is 0 Å².